The first-order valence-electron chi connectivity index (χ1n) is 10.3. The van der Waals surface area contributed by atoms with Gasteiger partial charge in [-0.1, -0.05) is 6.07 Å². The highest BCUT2D eigenvalue weighted by Crippen LogP contribution is 2.39. The summed E-state index contributed by atoms with van der Waals surface area (Å²) in [6, 6.07) is 5.71. The molecule has 4 rings (SSSR count). The molecule has 0 amide bonds. The molecule has 1 N–H and O–H groups in total. The Morgan fingerprint density at radius 3 is 2.72 bits per heavy atom. The van der Waals surface area contributed by atoms with Crippen molar-refractivity contribution in [1.29, 1.82) is 0 Å². The maximum Gasteiger partial charge on any atom is 0.161 e. The number of carbonyl (C=O) groups excluding carboxylic acids is 1. The van der Waals surface area contributed by atoms with Crippen molar-refractivity contribution in [2.75, 3.05) is 25.3 Å². The average Bonchev–Trinajstić information content (AvgIpc) is 3.15. The van der Waals surface area contributed by atoms with Crippen LogP contribution in [0.5, 0.6) is 11.5 Å². The number of aromatic nitrogens is 2. The van der Waals surface area contributed by atoms with E-state index >= 15 is 0 Å². The van der Waals surface area contributed by atoms with Crippen LogP contribution in [0.1, 0.15) is 34.7 Å². The van der Waals surface area contributed by atoms with E-state index in [4.69, 9.17) is 9.47 Å². The van der Waals surface area contributed by atoms with Crippen LogP contribution in [0.25, 0.3) is 10.2 Å². The number of aliphatic carboxylic acids is 1. The highest BCUT2D eigenvalue weighted by atomic mass is 32.2. The molecule has 170 valence electrons. The van der Waals surface area contributed by atoms with Crippen LogP contribution in [0.2, 0.25) is 0 Å². The van der Waals surface area contributed by atoms with Crippen LogP contribution < -0.4 is 19.9 Å². The standard InChI is InChI=1S/C22H25N3O5S2/c1-29-15-8-7-13(9-16(15)30-2)10-23-21-20-14-5-3-4-6-17(14)31-22(20)25-18(24-21)11-32(28)12-19(26)27/h7-9H,3-6,10-12H2,1-2H3,(H,26,27)(H,23,24,25)/p-1. The molecule has 0 bridgehead atoms. The number of thiophene rings is 1. The van der Waals surface area contributed by atoms with E-state index in [1.807, 2.05) is 18.2 Å². The van der Waals surface area contributed by atoms with Crippen LogP contribution in [-0.4, -0.2) is 40.1 Å². The number of nitrogens with zero attached hydrogens (tertiary/aromatic N) is 2. The fourth-order valence-corrected chi connectivity index (χ4v) is 5.96. The number of carboxylic acids is 1. The van der Waals surface area contributed by atoms with Crippen molar-refractivity contribution in [3.63, 3.8) is 0 Å². The first-order chi connectivity index (χ1) is 15.5. The summed E-state index contributed by atoms with van der Waals surface area (Å²) in [5.41, 5.74) is 2.27. The number of rotatable bonds is 9. The van der Waals surface area contributed by atoms with Crippen LogP contribution in [-0.2, 0) is 40.7 Å². The van der Waals surface area contributed by atoms with Gasteiger partial charge in [0.15, 0.2) is 11.5 Å². The number of nitrogens with one attached hydrogen (secondary N) is 1. The molecule has 1 aliphatic carbocycles. The Labute approximate surface area is 192 Å². The predicted molar refractivity (Wildman–Crippen MR) is 123 cm³/mol. The lowest BCUT2D eigenvalue weighted by molar-refractivity contribution is -0.301. The topological polar surface area (TPSA) is 113 Å². The van der Waals surface area contributed by atoms with Crippen molar-refractivity contribution in [2.24, 2.45) is 0 Å². The second kappa shape index (κ2) is 9.83. The van der Waals surface area contributed by atoms with Crippen LogP contribution in [0.3, 0.4) is 0 Å². The number of carbonyl (C=O) groups is 1. The van der Waals surface area contributed by atoms with E-state index in [0.29, 0.717) is 29.7 Å². The van der Waals surface area contributed by atoms with Gasteiger partial charge in [0.2, 0.25) is 0 Å². The van der Waals surface area contributed by atoms with Gasteiger partial charge in [-0.15, -0.1) is 11.3 Å². The van der Waals surface area contributed by atoms with E-state index in [-0.39, 0.29) is 5.75 Å². The number of anilines is 1. The van der Waals surface area contributed by atoms with Crippen LogP contribution >= 0.6 is 11.3 Å². The van der Waals surface area contributed by atoms with E-state index < -0.39 is 22.5 Å². The van der Waals surface area contributed by atoms with Crippen molar-refractivity contribution in [1.82, 2.24) is 9.97 Å². The van der Waals surface area contributed by atoms with E-state index in [2.05, 4.69) is 15.3 Å². The average molecular weight is 475 g/mol. The van der Waals surface area contributed by atoms with Gasteiger partial charge in [0.05, 0.1) is 37.1 Å². The number of hydrogen-bond acceptors (Lipinski definition) is 9. The first-order valence-corrected chi connectivity index (χ1v) is 12.6. The van der Waals surface area contributed by atoms with Gasteiger partial charge in [-0.05, 0) is 48.9 Å². The molecule has 8 nitrogen and oxygen atoms in total. The van der Waals surface area contributed by atoms with Crippen LogP contribution in [0, 0.1) is 0 Å². The third kappa shape index (κ3) is 4.86. The molecule has 3 aromatic rings. The summed E-state index contributed by atoms with van der Waals surface area (Å²) >= 11 is 1.65. The van der Waals surface area contributed by atoms with Gasteiger partial charge in [0.1, 0.15) is 16.5 Å². The van der Waals surface area contributed by atoms with E-state index in [0.717, 1.165) is 41.5 Å². The Morgan fingerprint density at radius 2 is 1.97 bits per heavy atom. The highest BCUT2D eigenvalue weighted by molar-refractivity contribution is 7.84. The molecule has 32 heavy (non-hydrogen) atoms. The highest BCUT2D eigenvalue weighted by Gasteiger charge is 2.22. The zero-order chi connectivity index (χ0) is 22.7. The molecule has 1 aliphatic rings. The number of methoxy groups -OCH3 is 2. The quantitative estimate of drug-likeness (QED) is 0.502. The second-order valence-electron chi connectivity index (χ2n) is 7.52. The molecule has 1 unspecified atom stereocenters. The SMILES string of the molecule is COc1ccc(CNc2nc(CS(=O)CC(=O)[O-])nc3sc4c(c23)CCCC4)cc1OC. The van der Waals surface area contributed by atoms with Gasteiger partial charge >= 0.3 is 0 Å². The number of ether oxygens (including phenoxy) is 2. The summed E-state index contributed by atoms with van der Waals surface area (Å²) in [5.74, 6) is 0.447. The number of aryl methyl sites for hydroxylation is 2. The van der Waals surface area contributed by atoms with E-state index in [1.165, 1.54) is 10.4 Å². The predicted octanol–water partition coefficient (Wildman–Crippen LogP) is 2.20. The molecular formula is C22H24N3O5S2-. The Hall–Kier alpha value is -2.72. The van der Waals surface area contributed by atoms with Gasteiger partial charge in [-0.2, -0.15) is 0 Å². The molecule has 2 aromatic heterocycles. The summed E-state index contributed by atoms with van der Waals surface area (Å²) in [4.78, 5) is 22.2. The van der Waals surface area contributed by atoms with Crippen molar-refractivity contribution < 1.29 is 23.6 Å². The van der Waals surface area contributed by atoms with E-state index in [9.17, 15) is 14.1 Å². The van der Waals surface area contributed by atoms with Crippen molar-refractivity contribution in [3.05, 3.63) is 40.0 Å². The summed E-state index contributed by atoms with van der Waals surface area (Å²) in [7, 11) is 1.56. The number of carboxylic acid groups (broad SMARTS) is 1. The maximum atomic E-state index is 12.1. The third-order valence-electron chi connectivity index (χ3n) is 5.34. The molecule has 1 atom stereocenters. The van der Waals surface area contributed by atoms with Crippen molar-refractivity contribution in [2.45, 2.75) is 38.0 Å². The lowest BCUT2D eigenvalue weighted by atomic mass is 9.97. The van der Waals surface area contributed by atoms with Gasteiger partial charge < -0.3 is 24.7 Å². The zero-order valence-corrected chi connectivity index (χ0v) is 19.6. The Bertz CT molecular complexity index is 1180. The molecule has 0 fully saturated rings. The minimum absolute atomic E-state index is 0.0302. The number of fused-ring (bicyclic) bond motifs is 3. The lowest BCUT2D eigenvalue weighted by Gasteiger charge is -2.14. The van der Waals surface area contributed by atoms with Crippen LogP contribution in [0.4, 0.5) is 5.82 Å². The molecule has 0 saturated carbocycles. The maximum absolute atomic E-state index is 12.1. The number of hydrogen-bond donors (Lipinski definition) is 1. The monoisotopic (exact) mass is 474 g/mol. The van der Waals surface area contributed by atoms with Gasteiger partial charge in [0.25, 0.3) is 0 Å². The smallest absolute Gasteiger partial charge is 0.161 e. The van der Waals surface area contributed by atoms with E-state index in [1.54, 1.807) is 25.6 Å². The first kappa shape index (κ1) is 22.5. The van der Waals surface area contributed by atoms with Crippen molar-refractivity contribution in [3.8, 4) is 11.5 Å². The Morgan fingerprint density at radius 1 is 1.19 bits per heavy atom. The molecule has 0 aliphatic heterocycles. The normalized spacial score (nSPS) is 14.1. The minimum Gasteiger partial charge on any atom is -0.549 e. The molecule has 0 radical (unpaired) electrons. The Kier molecular flexibility index (Phi) is 6.90. The molecule has 0 spiro atoms. The summed E-state index contributed by atoms with van der Waals surface area (Å²) in [6.45, 7) is 0.499. The summed E-state index contributed by atoms with van der Waals surface area (Å²) in [6.07, 6.45) is 4.30. The fraction of sp³-hybridized carbons (Fsp3) is 0.409. The molecular weight excluding hydrogens is 450 g/mol. The fourth-order valence-electron chi connectivity index (χ4n) is 3.90. The minimum atomic E-state index is -1.63. The molecule has 0 saturated heterocycles. The lowest BCUT2D eigenvalue weighted by Crippen LogP contribution is -2.28. The zero-order valence-electron chi connectivity index (χ0n) is 17.9. The molecule has 2 heterocycles. The largest absolute Gasteiger partial charge is 0.549 e. The summed E-state index contributed by atoms with van der Waals surface area (Å²) < 4.78 is 22.8. The molecule has 1 aromatic carbocycles. The van der Waals surface area contributed by atoms with Gasteiger partial charge in [-0.3, -0.25) is 4.21 Å². The second-order valence-corrected chi connectivity index (χ2v) is 10.1. The third-order valence-corrected chi connectivity index (χ3v) is 7.66. The van der Waals surface area contributed by atoms with Gasteiger partial charge in [-0.25, -0.2) is 9.97 Å². The molecule has 10 heteroatoms. The van der Waals surface area contributed by atoms with Crippen LogP contribution in [0.15, 0.2) is 18.2 Å². The van der Waals surface area contributed by atoms with Gasteiger partial charge in [0, 0.05) is 22.2 Å². The summed E-state index contributed by atoms with van der Waals surface area (Å²) in [5, 5.41) is 15.2. The van der Waals surface area contributed by atoms with Crippen molar-refractivity contribution >= 4 is 44.1 Å². The number of benzene rings is 1. The Balaban J connectivity index is 1.67.